The van der Waals surface area contributed by atoms with Crippen LogP contribution in [0.5, 0.6) is 0 Å². The molecule has 0 aliphatic carbocycles. The van der Waals surface area contributed by atoms with Gasteiger partial charge < -0.3 is 0 Å². The lowest BCUT2D eigenvalue weighted by molar-refractivity contribution is -0.137. The molecule has 0 spiro atoms. The van der Waals surface area contributed by atoms with Gasteiger partial charge in [0.1, 0.15) is 0 Å². The number of halogens is 4. The maximum Gasteiger partial charge on any atom is 0.417 e. The summed E-state index contributed by atoms with van der Waals surface area (Å²) in [5.74, 6) is -0.381. The van der Waals surface area contributed by atoms with Gasteiger partial charge in [-0.05, 0) is 29.8 Å². The molecule has 17 heavy (non-hydrogen) atoms. The van der Waals surface area contributed by atoms with Crippen molar-refractivity contribution in [3.05, 3.63) is 53.1 Å². The van der Waals surface area contributed by atoms with Crippen LogP contribution in [0.25, 0.3) is 6.08 Å². The molecule has 0 unspecified atom stereocenters. The number of hydrogen-bond donors (Lipinski definition) is 0. The number of allylic oxidation sites excluding steroid dienone is 2. The summed E-state index contributed by atoms with van der Waals surface area (Å²) < 4.78 is 37.5. The van der Waals surface area contributed by atoms with E-state index in [1.54, 1.807) is 0 Å². The molecule has 0 aliphatic rings. The number of alkyl halides is 3. The molecule has 1 rings (SSSR count). The molecule has 0 heterocycles. The van der Waals surface area contributed by atoms with Gasteiger partial charge in [0.25, 0.3) is 0 Å². The number of carbonyl (C=O) groups is 1. The Morgan fingerprint density at radius 1 is 1.35 bits per heavy atom. The van der Waals surface area contributed by atoms with Gasteiger partial charge in [0, 0.05) is 0 Å². The summed E-state index contributed by atoms with van der Waals surface area (Å²) >= 11 is 5.44. The van der Waals surface area contributed by atoms with Gasteiger partial charge in [-0.1, -0.05) is 30.3 Å². The summed E-state index contributed by atoms with van der Waals surface area (Å²) in [5, 5.41) is -0.371. The average Bonchev–Trinajstić information content (AvgIpc) is 2.26. The zero-order valence-electron chi connectivity index (χ0n) is 8.59. The molecule has 1 aromatic rings. The Balaban J connectivity index is 3.09. The summed E-state index contributed by atoms with van der Waals surface area (Å²) in [7, 11) is 0. The highest BCUT2D eigenvalue weighted by Crippen LogP contribution is 2.35. The van der Waals surface area contributed by atoms with E-state index in [4.69, 9.17) is 11.6 Å². The molecule has 5 heteroatoms. The molecular weight excluding hydrogens is 253 g/mol. The minimum absolute atomic E-state index is 0.247. The van der Waals surface area contributed by atoms with Gasteiger partial charge in [0.2, 0.25) is 0 Å². The van der Waals surface area contributed by atoms with Crippen LogP contribution in [-0.2, 0) is 11.0 Å². The van der Waals surface area contributed by atoms with Crippen molar-refractivity contribution < 1.29 is 18.0 Å². The van der Waals surface area contributed by atoms with Crippen LogP contribution in [0.1, 0.15) is 11.1 Å². The van der Waals surface area contributed by atoms with Gasteiger partial charge in [0.15, 0.2) is 5.78 Å². The fraction of sp³-hybridized carbons (Fsp3) is 0.0833. The second kappa shape index (κ2) is 5.19. The Labute approximate surface area is 101 Å². The van der Waals surface area contributed by atoms with Crippen molar-refractivity contribution in [2.24, 2.45) is 0 Å². The van der Waals surface area contributed by atoms with Crippen molar-refractivity contribution >= 4 is 23.5 Å². The Bertz CT molecular complexity index is 475. The number of hydrogen-bond acceptors (Lipinski definition) is 1. The number of carbonyl (C=O) groups excluding carboxylic acids is 1. The van der Waals surface area contributed by atoms with Crippen LogP contribution in [-0.4, -0.2) is 5.78 Å². The van der Waals surface area contributed by atoms with Crippen LogP contribution in [0.4, 0.5) is 13.2 Å². The Hall–Kier alpha value is -1.55. The Morgan fingerprint density at radius 2 is 2.00 bits per heavy atom. The molecule has 0 radical (unpaired) electrons. The van der Waals surface area contributed by atoms with Crippen molar-refractivity contribution in [3.8, 4) is 0 Å². The molecule has 0 atom stereocenters. The third kappa shape index (κ3) is 3.75. The van der Waals surface area contributed by atoms with Crippen LogP contribution in [0.2, 0.25) is 5.02 Å². The normalized spacial score (nSPS) is 11.8. The van der Waals surface area contributed by atoms with Crippen LogP contribution >= 0.6 is 11.6 Å². The number of benzene rings is 1. The Morgan fingerprint density at radius 3 is 2.53 bits per heavy atom. The first kappa shape index (κ1) is 13.5. The second-order valence-corrected chi connectivity index (χ2v) is 3.58. The lowest BCUT2D eigenvalue weighted by Crippen LogP contribution is -2.05. The van der Waals surface area contributed by atoms with Crippen molar-refractivity contribution in [2.45, 2.75) is 6.18 Å². The first-order valence-corrected chi connectivity index (χ1v) is 4.93. The molecule has 0 N–H and O–H groups in total. The highest BCUT2D eigenvalue weighted by atomic mass is 35.5. The fourth-order valence-corrected chi connectivity index (χ4v) is 1.33. The zero-order valence-corrected chi connectivity index (χ0v) is 9.35. The third-order valence-corrected chi connectivity index (χ3v) is 2.27. The van der Waals surface area contributed by atoms with E-state index in [-0.39, 0.29) is 16.4 Å². The molecule has 0 aliphatic heterocycles. The average molecular weight is 261 g/mol. The van der Waals surface area contributed by atoms with E-state index >= 15 is 0 Å². The molecule has 0 bridgehead atoms. The van der Waals surface area contributed by atoms with E-state index in [1.807, 2.05) is 0 Å². The van der Waals surface area contributed by atoms with E-state index in [9.17, 15) is 18.0 Å². The number of ketones is 1. The summed E-state index contributed by atoms with van der Waals surface area (Å²) in [6.45, 7) is 3.24. The lowest BCUT2D eigenvalue weighted by Gasteiger charge is -2.09. The van der Waals surface area contributed by atoms with Gasteiger partial charge in [-0.15, -0.1) is 0 Å². The molecule has 1 aromatic carbocycles. The van der Waals surface area contributed by atoms with E-state index < -0.39 is 11.7 Å². The van der Waals surface area contributed by atoms with E-state index in [0.29, 0.717) is 0 Å². The molecule has 0 aromatic heterocycles. The predicted molar refractivity (Wildman–Crippen MR) is 60.7 cm³/mol. The Kier molecular flexibility index (Phi) is 4.12. The van der Waals surface area contributed by atoms with E-state index in [1.165, 1.54) is 12.1 Å². The van der Waals surface area contributed by atoms with Crippen LogP contribution < -0.4 is 0 Å². The summed E-state index contributed by atoms with van der Waals surface area (Å²) in [4.78, 5) is 10.9. The van der Waals surface area contributed by atoms with Crippen molar-refractivity contribution in [1.82, 2.24) is 0 Å². The maximum atomic E-state index is 12.5. The van der Waals surface area contributed by atoms with Crippen LogP contribution in [0, 0.1) is 0 Å². The first-order valence-electron chi connectivity index (χ1n) is 4.56. The SMILES string of the molecule is C=CC(=O)/C=C/c1ccc(Cl)c(C(F)(F)F)c1. The van der Waals surface area contributed by atoms with Gasteiger partial charge in [-0.2, -0.15) is 13.2 Å². The highest BCUT2D eigenvalue weighted by molar-refractivity contribution is 6.31. The smallest absolute Gasteiger partial charge is 0.290 e. The second-order valence-electron chi connectivity index (χ2n) is 3.18. The quantitative estimate of drug-likeness (QED) is 0.747. The fourth-order valence-electron chi connectivity index (χ4n) is 1.11. The van der Waals surface area contributed by atoms with Crippen molar-refractivity contribution in [3.63, 3.8) is 0 Å². The molecule has 0 saturated heterocycles. The minimum Gasteiger partial charge on any atom is -0.290 e. The van der Waals surface area contributed by atoms with Gasteiger partial charge in [-0.3, -0.25) is 4.79 Å². The van der Waals surface area contributed by atoms with Crippen LogP contribution in [0.15, 0.2) is 36.9 Å². The monoisotopic (exact) mass is 260 g/mol. The maximum absolute atomic E-state index is 12.5. The molecule has 0 fully saturated rings. The molecule has 0 amide bonds. The molecular formula is C12H8ClF3O. The van der Waals surface area contributed by atoms with Crippen molar-refractivity contribution in [2.75, 3.05) is 0 Å². The molecule has 90 valence electrons. The van der Waals surface area contributed by atoms with Gasteiger partial charge in [-0.25, -0.2) is 0 Å². The topological polar surface area (TPSA) is 17.1 Å². The lowest BCUT2D eigenvalue weighted by atomic mass is 10.1. The van der Waals surface area contributed by atoms with Crippen molar-refractivity contribution in [1.29, 1.82) is 0 Å². The van der Waals surface area contributed by atoms with Crippen LogP contribution in [0.3, 0.4) is 0 Å². The third-order valence-electron chi connectivity index (χ3n) is 1.94. The van der Waals surface area contributed by atoms with E-state index in [0.717, 1.165) is 24.3 Å². The largest absolute Gasteiger partial charge is 0.417 e. The minimum atomic E-state index is -4.51. The molecule has 0 saturated carbocycles. The van der Waals surface area contributed by atoms with Gasteiger partial charge in [0.05, 0.1) is 10.6 Å². The van der Waals surface area contributed by atoms with Gasteiger partial charge >= 0.3 is 6.18 Å². The first-order chi connectivity index (χ1) is 7.84. The molecule has 1 nitrogen and oxygen atoms in total. The highest BCUT2D eigenvalue weighted by Gasteiger charge is 2.33. The standard InChI is InChI=1S/C12H8ClF3O/c1-2-9(17)5-3-8-4-6-11(13)10(7-8)12(14,15)16/h2-7H,1H2/b5-3+. The summed E-state index contributed by atoms with van der Waals surface area (Å²) in [6.07, 6.45) is -1.04. The zero-order chi connectivity index (χ0) is 13.1. The summed E-state index contributed by atoms with van der Waals surface area (Å²) in [6, 6.07) is 3.42. The summed E-state index contributed by atoms with van der Waals surface area (Å²) in [5.41, 5.74) is -0.677. The van der Waals surface area contributed by atoms with E-state index in [2.05, 4.69) is 6.58 Å². The predicted octanol–water partition coefficient (Wildman–Crippen LogP) is 4.13. The number of rotatable bonds is 3.